The Hall–Kier alpha value is -1.82. The number of urea groups is 1. The Kier molecular flexibility index (Phi) is 6.94. The van der Waals surface area contributed by atoms with E-state index in [-0.39, 0.29) is 17.9 Å². The Morgan fingerprint density at radius 2 is 1.85 bits per heavy atom. The molecule has 0 radical (unpaired) electrons. The van der Waals surface area contributed by atoms with Crippen LogP contribution in [0.2, 0.25) is 0 Å². The molecule has 2 fully saturated rings. The summed E-state index contributed by atoms with van der Waals surface area (Å²) >= 11 is 0. The molecule has 1 unspecified atom stereocenters. The second kappa shape index (κ2) is 9.40. The summed E-state index contributed by atoms with van der Waals surface area (Å²) in [5.74, 6) is 0.926. The molecular formula is C21H33FN4O. The van der Waals surface area contributed by atoms with E-state index in [1.54, 1.807) is 0 Å². The molecule has 2 amide bonds. The number of carbonyl (C=O) groups is 1. The van der Waals surface area contributed by atoms with E-state index >= 15 is 0 Å². The molecule has 1 aromatic rings. The molecule has 27 heavy (non-hydrogen) atoms. The fraction of sp³-hybridized carbons (Fsp3) is 0.667. The van der Waals surface area contributed by atoms with Gasteiger partial charge in [0.25, 0.3) is 0 Å². The fourth-order valence-corrected chi connectivity index (χ4v) is 4.14. The van der Waals surface area contributed by atoms with Crippen LogP contribution in [0.3, 0.4) is 0 Å². The average Bonchev–Trinajstić information content (AvgIpc) is 3.11. The molecule has 2 saturated heterocycles. The number of rotatable bonds is 6. The third-order valence-electron chi connectivity index (χ3n) is 5.58. The van der Waals surface area contributed by atoms with Gasteiger partial charge in [-0.05, 0) is 55.4 Å². The minimum absolute atomic E-state index is 0.0439. The molecule has 0 saturated carbocycles. The molecule has 0 aromatic heterocycles. The van der Waals surface area contributed by atoms with Gasteiger partial charge in [0.05, 0.1) is 0 Å². The lowest BCUT2D eigenvalue weighted by Gasteiger charge is -2.33. The first-order valence-corrected chi connectivity index (χ1v) is 10.3. The number of benzene rings is 1. The monoisotopic (exact) mass is 376 g/mol. The van der Waals surface area contributed by atoms with E-state index in [9.17, 15) is 9.18 Å². The van der Waals surface area contributed by atoms with Gasteiger partial charge >= 0.3 is 6.03 Å². The van der Waals surface area contributed by atoms with Gasteiger partial charge < -0.3 is 20.4 Å². The Morgan fingerprint density at radius 3 is 2.52 bits per heavy atom. The van der Waals surface area contributed by atoms with Gasteiger partial charge in [-0.25, -0.2) is 9.18 Å². The zero-order valence-electron chi connectivity index (χ0n) is 16.6. The second-order valence-corrected chi connectivity index (χ2v) is 8.40. The van der Waals surface area contributed by atoms with Crippen molar-refractivity contribution < 1.29 is 9.18 Å². The van der Waals surface area contributed by atoms with E-state index in [1.165, 1.54) is 12.1 Å². The van der Waals surface area contributed by atoms with Crippen molar-refractivity contribution in [2.24, 2.45) is 11.8 Å². The maximum Gasteiger partial charge on any atom is 0.315 e. The number of nitrogens with zero attached hydrogens (tertiary/aromatic N) is 2. The standard InChI is InChI=1S/C21H33FN4O/c1-16(2)14-25-10-8-19(9-11-25)24-21(27)23-13-17-7-12-26(15-17)20-5-3-18(22)4-6-20/h3-6,16-17,19H,7-15H2,1-2H3,(H2,23,24,27). The highest BCUT2D eigenvalue weighted by Gasteiger charge is 2.24. The minimum Gasteiger partial charge on any atom is -0.371 e. The molecule has 0 bridgehead atoms. The number of piperidine rings is 1. The van der Waals surface area contributed by atoms with Crippen LogP contribution in [0.5, 0.6) is 0 Å². The lowest BCUT2D eigenvalue weighted by atomic mass is 10.0. The summed E-state index contributed by atoms with van der Waals surface area (Å²) in [6.07, 6.45) is 3.11. The van der Waals surface area contributed by atoms with Gasteiger partial charge in [-0.2, -0.15) is 0 Å². The van der Waals surface area contributed by atoms with Gasteiger partial charge in [0.1, 0.15) is 5.82 Å². The first-order valence-electron chi connectivity index (χ1n) is 10.3. The summed E-state index contributed by atoms with van der Waals surface area (Å²) in [5, 5.41) is 6.18. The first kappa shape index (κ1) is 19.9. The Bertz CT molecular complexity index is 599. The average molecular weight is 377 g/mol. The van der Waals surface area contributed by atoms with Crippen LogP contribution in [0.1, 0.15) is 33.1 Å². The second-order valence-electron chi connectivity index (χ2n) is 8.40. The highest BCUT2D eigenvalue weighted by molar-refractivity contribution is 5.74. The molecule has 2 aliphatic rings. The van der Waals surface area contributed by atoms with Gasteiger partial charge in [-0.3, -0.25) is 0 Å². The van der Waals surface area contributed by atoms with Crippen LogP contribution in [0.25, 0.3) is 0 Å². The summed E-state index contributed by atoms with van der Waals surface area (Å²) in [6.45, 7) is 10.3. The molecule has 6 heteroatoms. The Morgan fingerprint density at radius 1 is 1.15 bits per heavy atom. The lowest BCUT2D eigenvalue weighted by molar-refractivity contribution is 0.177. The number of carbonyl (C=O) groups excluding carboxylic acids is 1. The van der Waals surface area contributed by atoms with Gasteiger partial charge in [-0.1, -0.05) is 13.8 Å². The summed E-state index contributed by atoms with van der Waals surface area (Å²) in [6, 6.07) is 6.89. The van der Waals surface area contributed by atoms with Crippen LogP contribution in [-0.2, 0) is 0 Å². The molecule has 2 N–H and O–H groups in total. The highest BCUT2D eigenvalue weighted by atomic mass is 19.1. The fourth-order valence-electron chi connectivity index (χ4n) is 4.14. The van der Waals surface area contributed by atoms with Crippen molar-refractivity contribution in [1.82, 2.24) is 15.5 Å². The predicted octanol–water partition coefficient (Wildman–Crippen LogP) is 3.07. The third kappa shape index (κ3) is 6.09. The maximum atomic E-state index is 13.1. The highest BCUT2D eigenvalue weighted by Crippen LogP contribution is 2.23. The zero-order valence-corrected chi connectivity index (χ0v) is 16.6. The number of nitrogens with one attached hydrogen (secondary N) is 2. The largest absolute Gasteiger partial charge is 0.371 e. The summed E-state index contributed by atoms with van der Waals surface area (Å²) in [4.78, 5) is 17.0. The Labute approximate surface area is 162 Å². The van der Waals surface area contributed by atoms with Crippen molar-refractivity contribution >= 4 is 11.7 Å². The lowest BCUT2D eigenvalue weighted by Crippen LogP contribution is -2.49. The predicted molar refractivity (Wildman–Crippen MR) is 108 cm³/mol. The van der Waals surface area contributed by atoms with Gasteiger partial charge in [-0.15, -0.1) is 0 Å². The van der Waals surface area contributed by atoms with E-state index in [0.29, 0.717) is 18.4 Å². The van der Waals surface area contributed by atoms with Crippen molar-refractivity contribution in [3.8, 4) is 0 Å². The van der Waals surface area contributed by atoms with E-state index in [1.807, 2.05) is 12.1 Å². The van der Waals surface area contributed by atoms with E-state index in [4.69, 9.17) is 0 Å². The Balaban J connectivity index is 1.33. The van der Waals surface area contributed by atoms with Gasteiger partial charge in [0.2, 0.25) is 0 Å². The summed E-state index contributed by atoms with van der Waals surface area (Å²) < 4.78 is 13.1. The number of likely N-dealkylation sites (tertiary alicyclic amines) is 1. The first-order chi connectivity index (χ1) is 13.0. The van der Waals surface area contributed by atoms with Crippen LogP contribution >= 0.6 is 0 Å². The molecular weight excluding hydrogens is 343 g/mol. The summed E-state index contributed by atoms with van der Waals surface area (Å²) in [7, 11) is 0. The van der Waals surface area contributed by atoms with E-state index in [2.05, 4.69) is 34.3 Å². The van der Waals surface area contributed by atoms with E-state index < -0.39 is 0 Å². The molecule has 2 aliphatic heterocycles. The number of hydrogen-bond donors (Lipinski definition) is 2. The van der Waals surface area contributed by atoms with Crippen molar-refractivity contribution in [2.75, 3.05) is 44.2 Å². The van der Waals surface area contributed by atoms with Crippen molar-refractivity contribution in [1.29, 1.82) is 0 Å². The summed E-state index contributed by atoms with van der Waals surface area (Å²) in [5.41, 5.74) is 1.05. The van der Waals surface area contributed by atoms with Crippen LogP contribution in [-0.4, -0.2) is 56.2 Å². The van der Waals surface area contributed by atoms with E-state index in [0.717, 1.165) is 57.7 Å². The SMILES string of the molecule is CC(C)CN1CCC(NC(=O)NCC2CCN(c3ccc(F)cc3)C2)CC1. The third-order valence-corrected chi connectivity index (χ3v) is 5.58. The zero-order chi connectivity index (χ0) is 19.2. The van der Waals surface area contributed by atoms with Crippen LogP contribution < -0.4 is 15.5 Å². The van der Waals surface area contributed by atoms with Gasteiger partial charge in [0, 0.05) is 51.0 Å². The molecule has 3 rings (SSSR count). The molecule has 1 aromatic carbocycles. The van der Waals surface area contributed by atoms with Crippen molar-refractivity contribution in [3.63, 3.8) is 0 Å². The number of amides is 2. The molecule has 2 heterocycles. The maximum absolute atomic E-state index is 13.1. The number of hydrogen-bond acceptors (Lipinski definition) is 3. The molecule has 150 valence electrons. The quantitative estimate of drug-likeness (QED) is 0.802. The normalized spacial score (nSPS) is 21.6. The molecule has 5 nitrogen and oxygen atoms in total. The number of halogens is 1. The molecule has 0 spiro atoms. The van der Waals surface area contributed by atoms with Crippen LogP contribution in [0.15, 0.2) is 24.3 Å². The number of anilines is 1. The smallest absolute Gasteiger partial charge is 0.315 e. The van der Waals surface area contributed by atoms with Crippen molar-refractivity contribution in [2.45, 2.75) is 39.2 Å². The molecule has 0 aliphatic carbocycles. The van der Waals surface area contributed by atoms with Crippen LogP contribution in [0.4, 0.5) is 14.9 Å². The van der Waals surface area contributed by atoms with Crippen molar-refractivity contribution in [3.05, 3.63) is 30.1 Å². The molecule has 1 atom stereocenters. The van der Waals surface area contributed by atoms with Gasteiger partial charge in [0.15, 0.2) is 0 Å². The van der Waals surface area contributed by atoms with Crippen LogP contribution in [0, 0.1) is 17.7 Å². The minimum atomic E-state index is -0.206. The topological polar surface area (TPSA) is 47.6 Å².